The number of hydrogen-bond donors (Lipinski definition) is 2. The van der Waals surface area contributed by atoms with Crippen molar-refractivity contribution in [3.63, 3.8) is 0 Å². The van der Waals surface area contributed by atoms with E-state index >= 15 is 0 Å². The summed E-state index contributed by atoms with van der Waals surface area (Å²) >= 11 is 0. The molecule has 0 spiro atoms. The first kappa shape index (κ1) is 23.3. The maximum atomic E-state index is 10.6. The monoisotopic (exact) mass is 396 g/mol. The van der Waals surface area contributed by atoms with Gasteiger partial charge in [0.25, 0.3) is 0 Å². The van der Waals surface area contributed by atoms with Crippen molar-refractivity contribution in [2.75, 3.05) is 0 Å². The van der Waals surface area contributed by atoms with Crippen molar-refractivity contribution in [3.05, 3.63) is 57.6 Å². The number of benzene rings is 2. The van der Waals surface area contributed by atoms with E-state index in [1.165, 1.54) is 22.3 Å². The summed E-state index contributed by atoms with van der Waals surface area (Å²) in [7, 11) is 0. The predicted octanol–water partition coefficient (Wildman–Crippen LogP) is 7.92. The highest BCUT2D eigenvalue weighted by Gasteiger charge is 2.33. The van der Waals surface area contributed by atoms with Crippen LogP contribution in [0.5, 0.6) is 11.5 Å². The van der Waals surface area contributed by atoms with Gasteiger partial charge in [0.2, 0.25) is 0 Å². The van der Waals surface area contributed by atoms with Crippen LogP contribution in [0.2, 0.25) is 0 Å². The van der Waals surface area contributed by atoms with E-state index in [0.717, 1.165) is 11.1 Å². The first-order valence-corrected chi connectivity index (χ1v) is 11.0. The molecule has 160 valence electrons. The normalized spacial score (nSPS) is 12.6. The third-order valence-electron chi connectivity index (χ3n) is 6.18. The van der Waals surface area contributed by atoms with Crippen LogP contribution in [-0.4, -0.2) is 10.2 Å². The molecule has 29 heavy (non-hydrogen) atoms. The van der Waals surface area contributed by atoms with Gasteiger partial charge in [0.05, 0.1) is 0 Å². The standard InChI is InChI=1S/C27H40O2/c1-15(2)23-19(11-13-21(28)25(23)17(5)6)27(9,10)20-12-14-22(29)26(18(7)8)24(20)16(3)4/h11-18,28-29H,1-10H3. The molecule has 0 heterocycles. The molecule has 0 saturated heterocycles. The fourth-order valence-electron chi connectivity index (χ4n) is 4.94. The highest BCUT2D eigenvalue weighted by molar-refractivity contribution is 5.57. The van der Waals surface area contributed by atoms with E-state index in [4.69, 9.17) is 0 Å². The first-order chi connectivity index (χ1) is 13.3. The average molecular weight is 397 g/mol. The lowest BCUT2D eigenvalue weighted by molar-refractivity contribution is 0.459. The van der Waals surface area contributed by atoms with Crippen LogP contribution >= 0.6 is 0 Å². The van der Waals surface area contributed by atoms with Gasteiger partial charge in [-0.2, -0.15) is 0 Å². The first-order valence-electron chi connectivity index (χ1n) is 11.0. The van der Waals surface area contributed by atoms with Gasteiger partial charge in [-0.05, 0) is 58.1 Å². The van der Waals surface area contributed by atoms with Crippen LogP contribution in [0.4, 0.5) is 0 Å². The summed E-state index contributed by atoms with van der Waals surface area (Å²) < 4.78 is 0. The molecule has 0 aliphatic rings. The topological polar surface area (TPSA) is 40.5 Å². The quantitative estimate of drug-likeness (QED) is 0.520. The highest BCUT2D eigenvalue weighted by Crippen LogP contribution is 2.47. The molecule has 2 aromatic carbocycles. The Hall–Kier alpha value is -1.96. The lowest BCUT2D eigenvalue weighted by Crippen LogP contribution is -2.25. The van der Waals surface area contributed by atoms with Crippen molar-refractivity contribution in [2.24, 2.45) is 0 Å². The minimum Gasteiger partial charge on any atom is -0.508 e. The van der Waals surface area contributed by atoms with Gasteiger partial charge in [0.15, 0.2) is 0 Å². The van der Waals surface area contributed by atoms with E-state index in [2.05, 4.69) is 81.4 Å². The van der Waals surface area contributed by atoms with Crippen molar-refractivity contribution in [3.8, 4) is 11.5 Å². The summed E-state index contributed by atoms with van der Waals surface area (Å²) in [6, 6.07) is 7.92. The van der Waals surface area contributed by atoms with Gasteiger partial charge in [-0.15, -0.1) is 0 Å². The Balaban J connectivity index is 2.91. The van der Waals surface area contributed by atoms with Crippen LogP contribution in [-0.2, 0) is 5.41 Å². The zero-order valence-electron chi connectivity index (χ0n) is 20.0. The van der Waals surface area contributed by atoms with E-state index in [0.29, 0.717) is 23.3 Å². The van der Waals surface area contributed by atoms with E-state index in [1.54, 1.807) is 0 Å². The fourth-order valence-corrected chi connectivity index (χ4v) is 4.94. The Labute approximate surface area is 178 Å². The number of phenols is 2. The van der Waals surface area contributed by atoms with Gasteiger partial charge in [0, 0.05) is 16.5 Å². The summed E-state index contributed by atoms with van der Waals surface area (Å²) in [4.78, 5) is 0. The predicted molar refractivity (Wildman–Crippen MR) is 125 cm³/mol. The molecule has 2 heteroatoms. The van der Waals surface area contributed by atoms with Gasteiger partial charge in [0.1, 0.15) is 11.5 Å². The summed E-state index contributed by atoms with van der Waals surface area (Å²) in [5.41, 5.74) is 6.87. The number of rotatable bonds is 6. The molecule has 0 aromatic heterocycles. The van der Waals surface area contributed by atoms with Gasteiger partial charge in [-0.25, -0.2) is 0 Å². The second-order valence-electron chi connectivity index (χ2n) is 10.2. The molecule has 0 atom stereocenters. The fraction of sp³-hybridized carbons (Fsp3) is 0.556. The molecular weight excluding hydrogens is 356 g/mol. The number of aromatic hydroxyl groups is 2. The molecular formula is C27H40O2. The second-order valence-corrected chi connectivity index (χ2v) is 10.2. The van der Waals surface area contributed by atoms with Crippen molar-refractivity contribution in [1.29, 1.82) is 0 Å². The molecule has 0 fully saturated rings. The maximum absolute atomic E-state index is 10.6. The molecule has 0 unspecified atom stereocenters. The van der Waals surface area contributed by atoms with Gasteiger partial charge >= 0.3 is 0 Å². The number of hydrogen-bond acceptors (Lipinski definition) is 2. The molecule has 0 aliphatic heterocycles. The Morgan fingerprint density at radius 3 is 1.03 bits per heavy atom. The van der Waals surface area contributed by atoms with E-state index < -0.39 is 0 Å². The summed E-state index contributed by atoms with van der Waals surface area (Å²) in [6.45, 7) is 22.0. The SMILES string of the molecule is CC(C)c1c(O)ccc(C(C)(C)c2ccc(O)c(C(C)C)c2C(C)C)c1C(C)C. The molecule has 0 saturated carbocycles. The molecule has 2 nitrogen and oxygen atoms in total. The smallest absolute Gasteiger partial charge is 0.119 e. The van der Waals surface area contributed by atoms with Gasteiger partial charge < -0.3 is 10.2 Å². The van der Waals surface area contributed by atoms with Gasteiger partial charge in [-0.1, -0.05) is 81.4 Å². The molecule has 2 rings (SSSR count). The maximum Gasteiger partial charge on any atom is 0.119 e. The lowest BCUT2D eigenvalue weighted by Gasteiger charge is -2.36. The van der Waals surface area contributed by atoms with Crippen LogP contribution in [0.3, 0.4) is 0 Å². The van der Waals surface area contributed by atoms with E-state index in [1.807, 2.05) is 12.1 Å². The summed E-state index contributed by atoms with van der Waals surface area (Å²) in [5, 5.41) is 21.3. The van der Waals surface area contributed by atoms with Crippen molar-refractivity contribution in [1.82, 2.24) is 0 Å². The average Bonchev–Trinajstić information content (AvgIpc) is 2.59. The lowest BCUT2D eigenvalue weighted by atomic mass is 9.68. The zero-order chi connectivity index (χ0) is 22.3. The summed E-state index contributed by atoms with van der Waals surface area (Å²) in [5.74, 6) is 1.88. The number of phenolic OH excluding ortho intramolecular Hbond substituents is 2. The van der Waals surface area contributed by atoms with Crippen LogP contribution < -0.4 is 0 Å². The molecule has 2 aromatic rings. The zero-order valence-corrected chi connectivity index (χ0v) is 20.0. The highest BCUT2D eigenvalue weighted by atomic mass is 16.3. The summed E-state index contributed by atoms with van der Waals surface area (Å²) in [6.07, 6.45) is 0. The third kappa shape index (κ3) is 4.17. The van der Waals surface area contributed by atoms with Crippen molar-refractivity contribution in [2.45, 2.75) is 98.3 Å². The van der Waals surface area contributed by atoms with Gasteiger partial charge in [-0.3, -0.25) is 0 Å². The van der Waals surface area contributed by atoms with Crippen molar-refractivity contribution >= 4 is 0 Å². The van der Waals surface area contributed by atoms with Crippen LogP contribution in [0.15, 0.2) is 24.3 Å². The minimum atomic E-state index is -0.256. The molecule has 0 radical (unpaired) electrons. The second kappa shape index (κ2) is 8.42. The van der Waals surface area contributed by atoms with E-state index in [9.17, 15) is 10.2 Å². The minimum absolute atomic E-state index is 0.249. The molecule has 0 amide bonds. The van der Waals surface area contributed by atoms with Crippen LogP contribution in [0.25, 0.3) is 0 Å². The third-order valence-corrected chi connectivity index (χ3v) is 6.18. The Kier molecular flexibility index (Phi) is 6.77. The van der Waals surface area contributed by atoms with Crippen LogP contribution in [0, 0.1) is 0 Å². The Morgan fingerprint density at radius 2 is 0.793 bits per heavy atom. The Morgan fingerprint density at radius 1 is 0.517 bits per heavy atom. The molecule has 0 bridgehead atoms. The molecule has 2 N–H and O–H groups in total. The van der Waals surface area contributed by atoms with Crippen LogP contribution in [0.1, 0.15) is 126 Å². The van der Waals surface area contributed by atoms with E-state index in [-0.39, 0.29) is 17.3 Å². The Bertz CT molecular complexity index is 799. The largest absolute Gasteiger partial charge is 0.508 e. The van der Waals surface area contributed by atoms with Crippen molar-refractivity contribution < 1.29 is 10.2 Å². The molecule has 0 aliphatic carbocycles.